The van der Waals surface area contributed by atoms with E-state index >= 15 is 0 Å². The van der Waals surface area contributed by atoms with Gasteiger partial charge in [0.25, 0.3) is 5.91 Å². The Morgan fingerprint density at radius 1 is 1.20 bits per heavy atom. The van der Waals surface area contributed by atoms with Crippen molar-refractivity contribution in [3.8, 4) is 11.5 Å². The zero-order valence-corrected chi connectivity index (χ0v) is 16.6. The van der Waals surface area contributed by atoms with Gasteiger partial charge in [-0.05, 0) is 68.3 Å². The van der Waals surface area contributed by atoms with Crippen LogP contribution in [0, 0.1) is 5.82 Å². The highest BCUT2D eigenvalue weighted by atomic mass is 19.1. The Balaban J connectivity index is 1.66. The number of ether oxygens (including phenoxy) is 2. The molecule has 8 nitrogen and oxygen atoms in total. The fraction of sp³-hybridized carbons (Fsp3) is 0.286. The first kappa shape index (κ1) is 21.4. The first-order chi connectivity index (χ1) is 14.5. The molecule has 2 atom stereocenters. The second-order valence-corrected chi connectivity index (χ2v) is 6.75. The molecule has 3 N–H and O–H groups in total. The smallest absolute Gasteiger partial charge is 0.343 e. The highest BCUT2D eigenvalue weighted by molar-refractivity contribution is 5.91. The molecule has 0 radical (unpaired) electrons. The van der Waals surface area contributed by atoms with E-state index in [1.54, 1.807) is 25.1 Å². The Bertz CT molecular complexity index is 933. The van der Waals surface area contributed by atoms with E-state index < -0.39 is 11.8 Å². The van der Waals surface area contributed by atoms with Crippen molar-refractivity contribution in [3.63, 3.8) is 0 Å². The largest absolute Gasteiger partial charge is 0.490 e. The van der Waals surface area contributed by atoms with Crippen molar-refractivity contribution in [2.75, 3.05) is 6.61 Å². The van der Waals surface area contributed by atoms with Crippen LogP contribution in [0.1, 0.15) is 36.2 Å². The normalized spacial score (nSPS) is 18.4. The number of hydrogen-bond donors (Lipinski definition) is 3. The number of amides is 1. The summed E-state index contributed by atoms with van der Waals surface area (Å²) < 4.78 is 24.0. The summed E-state index contributed by atoms with van der Waals surface area (Å²) in [6.45, 7) is 4.14. The van der Waals surface area contributed by atoms with Gasteiger partial charge in [-0.2, -0.15) is 5.10 Å². The minimum absolute atomic E-state index is 0.212. The van der Waals surface area contributed by atoms with Crippen LogP contribution >= 0.6 is 0 Å². The molecular formula is C21H23FN4O4. The molecule has 1 aliphatic heterocycles. The number of nitrogens with one attached hydrogen (secondary N) is 3. The quantitative estimate of drug-likeness (QED) is 0.278. The number of nitrogens with zero attached hydrogens (tertiary/aromatic N) is 1. The van der Waals surface area contributed by atoms with Crippen molar-refractivity contribution in [1.82, 2.24) is 16.3 Å². The number of carbonyl (C=O) groups excluding carboxylic acids is 2. The maximum absolute atomic E-state index is 13.0. The van der Waals surface area contributed by atoms with Crippen LogP contribution in [-0.4, -0.2) is 36.8 Å². The molecule has 158 valence electrons. The van der Waals surface area contributed by atoms with E-state index in [4.69, 9.17) is 9.47 Å². The number of hydrazone groups is 1. The van der Waals surface area contributed by atoms with Crippen LogP contribution in [0.15, 0.2) is 47.6 Å². The summed E-state index contributed by atoms with van der Waals surface area (Å²) in [6, 6.07) is 9.81. The van der Waals surface area contributed by atoms with Crippen molar-refractivity contribution in [2.24, 2.45) is 5.10 Å². The number of rotatable bonds is 7. The maximum Gasteiger partial charge on any atom is 0.343 e. The zero-order chi connectivity index (χ0) is 21.5. The van der Waals surface area contributed by atoms with Crippen molar-refractivity contribution in [1.29, 1.82) is 0 Å². The van der Waals surface area contributed by atoms with Crippen LogP contribution in [-0.2, 0) is 4.79 Å². The van der Waals surface area contributed by atoms with Gasteiger partial charge in [0.15, 0.2) is 11.5 Å². The number of hydrazine groups is 1. The van der Waals surface area contributed by atoms with Gasteiger partial charge in [0.1, 0.15) is 11.9 Å². The van der Waals surface area contributed by atoms with E-state index in [2.05, 4.69) is 21.4 Å². The van der Waals surface area contributed by atoms with E-state index in [0.717, 1.165) is 0 Å². The third-order valence-electron chi connectivity index (χ3n) is 4.35. The van der Waals surface area contributed by atoms with Gasteiger partial charge >= 0.3 is 5.97 Å². The molecule has 2 aromatic carbocycles. The molecule has 0 saturated carbocycles. The molecule has 30 heavy (non-hydrogen) atoms. The summed E-state index contributed by atoms with van der Waals surface area (Å²) >= 11 is 0. The minimum Gasteiger partial charge on any atom is -0.490 e. The SMILES string of the molecule is CCOc1cc(/C=N/NC(=O)C2CC(C)NN2)ccc1OC(=O)c1ccc(F)cc1. The Morgan fingerprint density at radius 2 is 1.97 bits per heavy atom. The fourth-order valence-corrected chi connectivity index (χ4v) is 2.84. The van der Waals surface area contributed by atoms with Gasteiger partial charge in [-0.25, -0.2) is 20.0 Å². The summed E-state index contributed by atoms with van der Waals surface area (Å²) in [5, 5.41) is 3.97. The highest BCUT2D eigenvalue weighted by Crippen LogP contribution is 2.29. The molecule has 0 bridgehead atoms. The fourth-order valence-electron chi connectivity index (χ4n) is 2.84. The Hall–Kier alpha value is -3.30. The molecule has 1 heterocycles. The molecule has 9 heteroatoms. The first-order valence-corrected chi connectivity index (χ1v) is 9.55. The van der Waals surface area contributed by atoms with E-state index in [9.17, 15) is 14.0 Å². The first-order valence-electron chi connectivity index (χ1n) is 9.55. The summed E-state index contributed by atoms with van der Waals surface area (Å²) in [5.74, 6) is -0.734. The average Bonchev–Trinajstić information content (AvgIpc) is 3.17. The van der Waals surface area contributed by atoms with Gasteiger partial charge in [0, 0.05) is 6.04 Å². The molecule has 3 rings (SSSR count). The van der Waals surface area contributed by atoms with Crippen molar-refractivity contribution < 1.29 is 23.5 Å². The lowest BCUT2D eigenvalue weighted by Gasteiger charge is -2.11. The Kier molecular flexibility index (Phi) is 7.10. The van der Waals surface area contributed by atoms with E-state index in [1.807, 2.05) is 6.92 Å². The summed E-state index contributed by atoms with van der Waals surface area (Å²) in [4.78, 5) is 24.3. The van der Waals surface area contributed by atoms with Crippen LogP contribution in [0.5, 0.6) is 11.5 Å². The molecule has 1 saturated heterocycles. The monoisotopic (exact) mass is 414 g/mol. The highest BCUT2D eigenvalue weighted by Gasteiger charge is 2.26. The van der Waals surface area contributed by atoms with Crippen molar-refractivity contribution >= 4 is 18.1 Å². The van der Waals surface area contributed by atoms with Crippen molar-refractivity contribution in [2.45, 2.75) is 32.4 Å². The van der Waals surface area contributed by atoms with Crippen molar-refractivity contribution in [3.05, 3.63) is 59.4 Å². The van der Waals surface area contributed by atoms with E-state index in [1.165, 1.54) is 30.5 Å². The molecular weight excluding hydrogens is 391 g/mol. The number of benzene rings is 2. The Morgan fingerprint density at radius 3 is 2.63 bits per heavy atom. The van der Waals surface area contributed by atoms with E-state index in [-0.39, 0.29) is 29.3 Å². The van der Waals surface area contributed by atoms with Crippen LogP contribution in [0.2, 0.25) is 0 Å². The predicted molar refractivity (Wildman–Crippen MR) is 109 cm³/mol. The number of esters is 1. The number of halogens is 1. The standard InChI is InChI=1S/C21H23FN4O4/c1-3-29-19-11-14(12-23-26-20(27)17-10-13(2)24-25-17)4-9-18(19)30-21(28)15-5-7-16(22)8-6-15/h4-9,11-13,17,24-25H,3,10H2,1-2H3,(H,26,27)/b23-12+. The summed E-state index contributed by atoms with van der Waals surface area (Å²) in [5.41, 5.74) is 9.23. The Labute approximate surface area is 173 Å². The second kappa shape index (κ2) is 9.95. The molecule has 1 aliphatic rings. The lowest BCUT2D eigenvalue weighted by molar-refractivity contribution is -0.122. The van der Waals surface area contributed by atoms with Gasteiger partial charge in [-0.3, -0.25) is 10.2 Å². The predicted octanol–water partition coefficient (Wildman–Crippen LogP) is 2.15. The molecule has 0 spiro atoms. The zero-order valence-electron chi connectivity index (χ0n) is 16.6. The second-order valence-electron chi connectivity index (χ2n) is 6.75. The molecule has 1 amide bonds. The molecule has 2 aromatic rings. The molecule has 0 aromatic heterocycles. The molecule has 2 unspecified atom stereocenters. The van der Waals surface area contributed by atoms with Gasteiger partial charge in [-0.1, -0.05) is 0 Å². The van der Waals surface area contributed by atoms with Gasteiger partial charge in [-0.15, -0.1) is 0 Å². The number of carbonyl (C=O) groups is 2. The van der Waals surface area contributed by atoms with E-state index in [0.29, 0.717) is 24.3 Å². The van der Waals surface area contributed by atoms with Crippen LogP contribution in [0.3, 0.4) is 0 Å². The topological polar surface area (TPSA) is 101 Å². The third-order valence-corrected chi connectivity index (χ3v) is 4.35. The maximum atomic E-state index is 13.0. The van der Waals surface area contributed by atoms with Gasteiger partial charge < -0.3 is 9.47 Å². The van der Waals surface area contributed by atoms with Gasteiger partial charge in [0.2, 0.25) is 0 Å². The molecule has 0 aliphatic carbocycles. The van der Waals surface area contributed by atoms with Gasteiger partial charge in [0.05, 0.1) is 18.4 Å². The number of hydrogen-bond acceptors (Lipinski definition) is 7. The minimum atomic E-state index is -0.628. The van der Waals surface area contributed by atoms with Crippen LogP contribution < -0.4 is 25.8 Å². The lowest BCUT2D eigenvalue weighted by atomic mass is 10.1. The lowest BCUT2D eigenvalue weighted by Crippen LogP contribution is -2.41. The summed E-state index contributed by atoms with van der Waals surface area (Å²) in [6.07, 6.45) is 2.14. The third kappa shape index (κ3) is 5.62. The molecule has 1 fully saturated rings. The summed E-state index contributed by atoms with van der Waals surface area (Å²) in [7, 11) is 0. The van der Waals surface area contributed by atoms with Crippen LogP contribution in [0.25, 0.3) is 0 Å². The average molecular weight is 414 g/mol. The van der Waals surface area contributed by atoms with Crippen LogP contribution in [0.4, 0.5) is 4.39 Å².